The van der Waals surface area contributed by atoms with Gasteiger partial charge in [0.05, 0.1) is 16.6 Å². The average Bonchev–Trinajstić information content (AvgIpc) is 2.76. The molecule has 2 rings (SSSR count). The number of nitrogens with zero attached hydrogens (tertiary/aromatic N) is 2. The zero-order valence-corrected chi connectivity index (χ0v) is 10.2. The van der Waals surface area contributed by atoms with Crippen molar-refractivity contribution >= 4 is 16.6 Å². The van der Waals surface area contributed by atoms with Crippen LogP contribution < -0.4 is 0 Å². The van der Waals surface area contributed by atoms with E-state index in [1.807, 2.05) is 6.07 Å². The van der Waals surface area contributed by atoms with Gasteiger partial charge in [-0.2, -0.15) is 0 Å². The van der Waals surface area contributed by atoms with Crippen molar-refractivity contribution in [3.8, 4) is 0 Å². The predicted molar refractivity (Wildman–Crippen MR) is 65.3 cm³/mol. The van der Waals surface area contributed by atoms with E-state index in [2.05, 4.69) is 4.98 Å². The van der Waals surface area contributed by atoms with Crippen LogP contribution in [0.1, 0.15) is 10.4 Å². The topological polar surface area (TPSA) is 52.0 Å². The lowest BCUT2D eigenvalue weighted by atomic mass is 10.2. The minimum Gasteiger partial charge on any atom is -0.327 e. The van der Waals surface area contributed by atoms with E-state index in [9.17, 15) is 9.00 Å². The Bertz CT molecular complexity index is 549. The molecule has 5 heteroatoms. The number of benzene rings is 1. The highest BCUT2D eigenvalue weighted by Gasteiger charge is 2.14. The summed E-state index contributed by atoms with van der Waals surface area (Å²) < 4.78 is 13.6. The third-order valence-electron chi connectivity index (χ3n) is 2.34. The Labute approximate surface area is 102 Å². The Morgan fingerprint density at radius 1 is 1.35 bits per heavy atom. The van der Waals surface area contributed by atoms with E-state index < -0.39 is 10.8 Å². The van der Waals surface area contributed by atoms with Crippen LogP contribution in [0.25, 0.3) is 0 Å². The van der Waals surface area contributed by atoms with Crippen LogP contribution in [0.5, 0.6) is 0 Å². The Kier molecular flexibility index (Phi) is 3.49. The standard InChI is InChI=1S/C12H12N2O2S/c1-14-8-7-13-12(14)17(16)9-11(15)10-5-3-2-4-6-10/h2-8H,9H2,1H3/t17-/m0/s1. The minimum atomic E-state index is -1.39. The van der Waals surface area contributed by atoms with Crippen molar-refractivity contribution in [1.82, 2.24) is 9.55 Å². The van der Waals surface area contributed by atoms with Crippen molar-refractivity contribution in [3.63, 3.8) is 0 Å². The largest absolute Gasteiger partial charge is 0.327 e. The summed E-state index contributed by atoms with van der Waals surface area (Å²) in [5.41, 5.74) is 0.579. The summed E-state index contributed by atoms with van der Waals surface area (Å²) in [7, 11) is 0.365. The fraction of sp³-hybridized carbons (Fsp3) is 0.167. The van der Waals surface area contributed by atoms with E-state index in [4.69, 9.17) is 0 Å². The van der Waals surface area contributed by atoms with Crippen molar-refractivity contribution in [1.29, 1.82) is 0 Å². The van der Waals surface area contributed by atoms with Crippen LogP contribution in [0, 0.1) is 0 Å². The van der Waals surface area contributed by atoms with Crippen molar-refractivity contribution in [2.24, 2.45) is 7.05 Å². The van der Waals surface area contributed by atoms with Crippen molar-refractivity contribution < 1.29 is 9.00 Å². The van der Waals surface area contributed by atoms with Gasteiger partial charge in [-0.15, -0.1) is 0 Å². The quantitative estimate of drug-likeness (QED) is 0.769. The van der Waals surface area contributed by atoms with Gasteiger partial charge in [0.25, 0.3) is 0 Å². The fourth-order valence-corrected chi connectivity index (χ4v) is 2.56. The molecular formula is C12H12N2O2S. The minimum absolute atomic E-state index is 0.0329. The van der Waals surface area contributed by atoms with Crippen LogP contribution in [0.4, 0.5) is 0 Å². The summed E-state index contributed by atoms with van der Waals surface area (Å²) in [5, 5.41) is 0.425. The molecule has 1 heterocycles. The van der Waals surface area contributed by atoms with Crippen molar-refractivity contribution in [3.05, 3.63) is 48.3 Å². The molecule has 0 spiro atoms. The summed E-state index contributed by atoms with van der Waals surface area (Å²) in [5.74, 6) is -0.165. The SMILES string of the molecule is Cn1ccnc1[S@@](=O)CC(=O)c1ccccc1. The second-order valence-electron chi connectivity index (χ2n) is 3.60. The molecule has 88 valence electrons. The maximum Gasteiger partial charge on any atom is 0.199 e. The molecule has 0 bridgehead atoms. The first-order valence-electron chi connectivity index (χ1n) is 5.12. The highest BCUT2D eigenvalue weighted by molar-refractivity contribution is 7.85. The molecule has 0 radical (unpaired) electrons. The first kappa shape index (κ1) is 11.7. The van der Waals surface area contributed by atoms with Crippen LogP contribution in [-0.4, -0.2) is 25.3 Å². The molecular weight excluding hydrogens is 236 g/mol. The monoisotopic (exact) mass is 248 g/mol. The highest BCUT2D eigenvalue weighted by atomic mass is 32.2. The van der Waals surface area contributed by atoms with Crippen LogP contribution >= 0.6 is 0 Å². The fourth-order valence-electron chi connectivity index (χ4n) is 1.46. The van der Waals surface area contributed by atoms with E-state index in [-0.39, 0.29) is 11.5 Å². The number of Topliss-reactive ketones (excluding diaryl/α,β-unsaturated/α-hetero) is 1. The summed E-state index contributed by atoms with van der Waals surface area (Å²) >= 11 is 0. The molecule has 0 aliphatic rings. The molecule has 0 amide bonds. The Hall–Kier alpha value is -1.75. The summed E-state index contributed by atoms with van der Waals surface area (Å²) in [6.45, 7) is 0. The molecule has 1 aromatic carbocycles. The molecule has 0 unspecified atom stereocenters. The molecule has 0 N–H and O–H groups in total. The molecule has 1 atom stereocenters. The number of hydrogen-bond acceptors (Lipinski definition) is 3. The second kappa shape index (κ2) is 5.05. The van der Waals surface area contributed by atoms with E-state index in [0.717, 1.165) is 0 Å². The van der Waals surface area contributed by atoms with Gasteiger partial charge in [-0.25, -0.2) is 4.98 Å². The van der Waals surface area contributed by atoms with E-state index in [1.54, 1.807) is 48.3 Å². The van der Waals surface area contributed by atoms with Gasteiger partial charge in [0.1, 0.15) is 0 Å². The summed E-state index contributed by atoms with van der Waals surface area (Å²) in [6.07, 6.45) is 3.28. The number of aryl methyl sites for hydroxylation is 1. The van der Waals surface area contributed by atoms with Crippen LogP contribution in [-0.2, 0) is 17.8 Å². The van der Waals surface area contributed by atoms with E-state index >= 15 is 0 Å². The number of ketones is 1. The van der Waals surface area contributed by atoms with Crippen molar-refractivity contribution in [2.45, 2.75) is 5.16 Å². The van der Waals surface area contributed by atoms with Gasteiger partial charge in [0, 0.05) is 25.0 Å². The molecule has 0 aliphatic heterocycles. The molecule has 4 nitrogen and oxygen atoms in total. The molecule has 0 saturated heterocycles. The van der Waals surface area contributed by atoms with E-state index in [1.165, 1.54) is 0 Å². The number of carbonyl (C=O) groups excluding carboxylic acids is 1. The average molecular weight is 248 g/mol. The molecule has 17 heavy (non-hydrogen) atoms. The van der Waals surface area contributed by atoms with E-state index in [0.29, 0.717) is 10.7 Å². The lowest BCUT2D eigenvalue weighted by molar-refractivity contribution is 0.102. The number of rotatable bonds is 4. The zero-order chi connectivity index (χ0) is 12.3. The first-order chi connectivity index (χ1) is 8.18. The van der Waals surface area contributed by atoms with Gasteiger partial charge in [-0.05, 0) is 0 Å². The number of carbonyl (C=O) groups is 1. The second-order valence-corrected chi connectivity index (χ2v) is 4.94. The smallest absolute Gasteiger partial charge is 0.199 e. The Morgan fingerprint density at radius 2 is 2.06 bits per heavy atom. The maximum absolute atomic E-state index is 11.9. The van der Waals surface area contributed by atoms with Crippen molar-refractivity contribution in [2.75, 3.05) is 5.75 Å². The summed E-state index contributed by atoms with van der Waals surface area (Å²) in [4.78, 5) is 15.8. The summed E-state index contributed by atoms with van der Waals surface area (Å²) in [6, 6.07) is 8.86. The maximum atomic E-state index is 11.9. The van der Waals surface area contributed by atoms with Crippen LogP contribution in [0.2, 0.25) is 0 Å². The molecule has 0 fully saturated rings. The molecule has 1 aromatic heterocycles. The normalized spacial score (nSPS) is 12.3. The van der Waals surface area contributed by atoms with Gasteiger partial charge in [-0.3, -0.25) is 9.00 Å². The third kappa shape index (κ3) is 2.68. The number of hydrogen-bond donors (Lipinski definition) is 0. The lowest BCUT2D eigenvalue weighted by Crippen LogP contribution is -2.13. The number of aromatic nitrogens is 2. The predicted octanol–water partition coefficient (Wildman–Crippen LogP) is 1.41. The number of imidazole rings is 1. The zero-order valence-electron chi connectivity index (χ0n) is 9.37. The van der Waals surface area contributed by atoms with Gasteiger partial charge >= 0.3 is 0 Å². The highest BCUT2D eigenvalue weighted by Crippen LogP contribution is 2.06. The third-order valence-corrected chi connectivity index (χ3v) is 3.66. The molecule has 0 saturated carbocycles. The van der Waals surface area contributed by atoms with Gasteiger partial charge in [0.15, 0.2) is 10.9 Å². The van der Waals surface area contributed by atoms with Gasteiger partial charge in [0.2, 0.25) is 0 Å². The Balaban J connectivity index is 2.10. The van der Waals surface area contributed by atoms with Crippen LogP contribution in [0.3, 0.4) is 0 Å². The molecule has 0 aliphatic carbocycles. The first-order valence-corrected chi connectivity index (χ1v) is 6.44. The van der Waals surface area contributed by atoms with Crippen LogP contribution in [0.15, 0.2) is 47.9 Å². The van der Waals surface area contributed by atoms with Gasteiger partial charge < -0.3 is 4.57 Å². The van der Waals surface area contributed by atoms with Gasteiger partial charge in [-0.1, -0.05) is 30.3 Å². The molecule has 2 aromatic rings. The lowest BCUT2D eigenvalue weighted by Gasteiger charge is -2.02. The Morgan fingerprint density at radius 3 is 2.65 bits per heavy atom.